The number of aromatic nitrogens is 4. The highest BCUT2D eigenvalue weighted by Gasteiger charge is 2.12. The van der Waals surface area contributed by atoms with Crippen molar-refractivity contribution in [2.75, 3.05) is 0 Å². The van der Waals surface area contributed by atoms with E-state index in [1.807, 2.05) is 38.1 Å². The molecule has 11 heteroatoms. The number of carbonyl (C=O) groups is 1. The van der Waals surface area contributed by atoms with Crippen LogP contribution < -0.4 is 11.1 Å². The Morgan fingerprint density at radius 1 is 0.909 bits per heavy atom. The normalized spacial score (nSPS) is 10.7. The molecule has 172 valence electrons. The highest BCUT2D eigenvalue weighted by Crippen LogP contribution is 2.14. The molecule has 0 aromatic carbocycles. The van der Waals surface area contributed by atoms with Crippen LogP contribution >= 0.6 is 31.9 Å². The van der Waals surface area contributed by atoms with Gasteiger partial charge in [0.2, 0.25) is 0 Å². The number of aryl methyl sites for hydroxylation is 2. The van der Waals surface area contributed by atoms with Gasteiger partial charge in [0, 0.05) is 18.3 Å². The molecule has 4 rings (SSSR count). The van der Waals surface area contributed by atoms with Crippen LogP contribution in [0.2, 0.25) is 0 Å². The summed E-state index contributed by atoms with van der Waals surface area (Å²) in [5.41, 5.74) is 3.08. The number of aliphatic hydroxyl groups is 1. The lowest BCUT2D eigenvalue weighted by Gasteiger charge is -2.08. The SMILES string of the molecule is CC(=O)OCc1nc2cccc(C)n2c(=O)c1Br.Cc1cccc2nc(CO)c(Br)c(=O)n12. The largest absolute Gasteiger partial charge is 0.459 e. The second kappa shape index (κ2) is 10.4. The molecular weight excluding hydrogens is 560 g/mol. The summed E-state index contributed by atoms with van der Waals surface area (Å²) in [5.74, 6) is -0.409. The first kappa shape index (κ1) is 24.7. The number of hydrogen-bond donors (Lipinski definition) is 1. The second-order valence-electron chi connectivity index (χ2n) is 7.02. The van der Waals surface area contributed by atoms with E-state index in [-0.39, 0.29) is 24.3 Å². The van der Waals surface area contributed by atoms with E-state index in [0.29, 0.717) is 31.6 Å². The van der Waals surface area contributed by atoms with Gasteiger partial charge in [-0.25, -0.2) is 9.97 Å². The Balaban J connectivity index is 0.000000189. The summed E-state index contributed by atoms with van der Waals surface area (Å²) in [6.45, 7) is 4.71. The number of hydrogen-bond acceptors (Lipinski definition) is 7. The van der Waals surface area contributed by atoms with Crippen LogP contribution in [0, 0.1) is 13.8 Å². The minimum absolute atomic E-state index is 0.0183. The first-order chi connectivity index (χ1) is 15.6. The maximum absolute atomic E-state index is 12.2. The van der Waals surface area contributed by atoms with Crippen molar-refractivity contribution >= 4 is 49.1 Å². The number of halogens is 2. The summed E-state index contributed by atoms with van der Waals surface area (Å²) >= 11 is 6.34. The Labute approximate surface area is 205 Å². The van der Waals surface area contributed by atoms with Crippen LogP contribution in [0.1, 0.15) is 29.7 Å². The van der Waals surface area contributed by atoms with E-state index < -0.39 is 5.97 Å². The summed E-state index contributed by atoms with van der Waals surface area (Å²) in [5, 5.41) is 9.03. The molecule has 0 saturated heterocycles. The Morgan fingerprint density at radius 2 is 1.36 bits per heavy atom. The summed E-state index contributed by atoms with van der Waals surface area (Å²) in [6, 6.07) is 10.8. The fraction of sp³-hybridized carbons (Fsp3) is 0.227. The zero-order valence-corrected chi connectivity index (χ0v) is 21.2. The molecule has 4 aromatic rings. The highest BCUT2D eigenvalue weighted by atomic mass is 79.9. The van der Waals surface area contributed by atoms with Crippen molar-refractivity contribution < 1.29 is 14.6 Å². The minimum atomic E-state index is -0.409. The first-order valence-electron chi connectivity index (χ1n) is 9.73. The van der Waals surface area contributed by atoms with Crippen molar-refractivity contribution in [2.24, 2.45) is 0 Å². The third kappa shape index (κ3) is 5.21. The third-order valence-corrected chi connectivity index (χ3v) is 6.27. The average Bonchev–Trinajstić information content (AvgIpc) is 2.78. The fourth-order valence-corrected chi connectivity index (χ4v) is 3.87. The van der Waals surface area contributed by atoms with E-state index in [1.165, 1.54) is 15.7 Å². The molecule has 33 heavy (non-hydrogen) atoms. The molecule has 0 saturated carbocycles. The van der Waals surface area contributed by atoms with E-state index in [2.05, 4.69) is 41.8 Å². The van der Waals surface area contributed by atoms with Crippen LogP contribution in [0.3, 0.4) is 0 Å². The van der Waals surface area contributed by atoms with Crippen molar-refractivity contribution in [3.8, 4) is 0 Å². The molecule has 0 radical (unpaired) electrons. The topological polar surface area (TPSA) is 115 Å². The fourth-order valence-electron chi connectivity index (χ4n) is 3.10. The van der Waals surface area contributed by atoms with Crippen molar-refractivity contribution in [3.05, 3.63) is 88.8 Å². The van der Waals surface area contributed by atoms with Gasteiger partial charge in [-0.15, -0.1) is 0 Å². The number of ether oxygens (including phenoxy) is 1. The van der Waals surface area contributed by atoms with Crippen LogP contribution in [0.25, 0.3) is 11.3 Å². The van der Waals surface area contributed by atoms with Crippen LogP contribution in [0.5, 0.6) is 0 Å². The Hall–Kier alpha value is -2.89. The second-order valence-corrected chi connectivity index (χ2v) is 8.60. The summed E-state index contributed by atoms with van der Waals surface area (Å²) in [4.78, 5) is 43.3. The predicted octanol–water partition coefficient (Wildman–Crippen LogP) is 3.09. The van der Waals surface area contributed by atoms with Gasteiger partial charge in [0.15, 0.2) is 0 Å². The Bertz CT molecular complexity index is 1480. The molecule has 1 N–H and O–H groups in total. The van der Waals surface area contributed by atoms with Crippen molar-refractivity contribution in [3.63, 3.8) is 0 Å². The van der Waals surface area contributed by atoms with Gasteiger partial charge in [0.1, 0.15) is 32.5 Å². The molecule has 0 atom stereocenters. The van der Waals surface area contributed by atoms with E-state index in [0.717, 1.165) is 11.4 Å². The predicted molar refractivity (Wildman–Crippen MR) is 129 cm³/mol. The zero-order valence-electron chi connectivity index (χ0n) is 18.0. The van der Waals surface area contributed by atoms with E-state index in [1.54, 1.807) is 12.1 Å². The lowest BCUT2D eigenvalue weighted by Crippen LogP contribution is -2.20. The van der Waals surface area contributed by atoms with Crippen molar-refractivity contribution in [2.45, 2.75) is 34.0 Å². The van der Waals surface area contributed by atoms with Crippen LogP contribution in [0.15, 0.2) is 54.9 Å². The average molecular weight is 580 g/mol. The van der Waals surface area contributed by atoms with Crippen molar-refractivity contribution in [1.29, 1.82) is 0 Å². The summed E-state index contributed by atoms with van der Waals surface area (Å²) in [6.07, 6.45) is 0. The Morgan fingerprint density at radius 3 is 1.82 bits per heavy atom. The summed E-state index contributed by atoms with van der Waals surface area (Å²) < 4.78 is 8.50. The lowest BCUT2D eigenvalue weighted by molar-refractivity contribution is -0.142. The van der Waals surface area contributed by atoms with Gasteiger partial charge < -0.3 is 9.84 Å². The van der Waals surface area contributed by atoms with Gasteiger partial charge in [-0.1, -0.05) is 12.1 Å². The lowest BCUT2D eigenvalue weighted by atomic mass is 10.3. The maximum Gasteiger partial charge on any atom is 0.303 e. The zero-order chi connectivity index (χ0) is 24.3. The number of nitrogens with zero attached hydrogens (tertiary/aromatic N) is 4. The Kier molecular flexibility index (Phi) is 7.77. The quantitative estimate of drug-likeness (QED) is 0.371. The van der Waals surface area contributed by atoms with Crippen molar-refractivity contribution in [1.82, 2.24) is 18.8 Å². The smallest absolute Gasteiger partial charge is 0.303 e. The molecule has 0 bridgehead atoms. The van der Waals surface area contributed by atoms with Crippen LogP contribution in [-0.2, 0) is 22.7 Å². The van der Waals surface area contributed by atoms with E-state index >= 15 is 0 Å². The van der Waals surface area contributed by atoms with Gasteiger partial charge in [-0.2, -0.15) is 0 Å². The highest BCUT2D eigenvalue weighted by molar-refractivity contribution is 9.10. The maximum atomic E-state index is 12.2. The molecule has 4 heterocycles. The van der Waals surface area contributed by atoms with Gasteiger partial charge in [-0.05, 0) is 70.0 Å². The minimum Gasteiger partial charge on any atom is -0.459 e. The summed E-state index contributed by atoms with van der Waals surface area (Å²) in [7, 11) is 0. The molecule has 4 aromatic heterocycles. The first-order valence-corrected chi connectivity index (χ1v) is 11.3. The monoisotopic (exact) mass is 578 g/mol. The van der Waals surface area contributed by atoms with Gasteiger partial charge >= 0.3 is 5.97 Å². The molecule has 9 nitrogen and oxygen atoms in total. The number of fused-ring (bicyclic) bond motifs is 2. The van der Waals surface area contributed by atoms with E-state index in [9.17, 15) is 14.4 Å². The standard InChI is InChI=1S/C12H11BrN2O3.C10H9BrN2O2/c1-7-4-3-5-10-14-9(6-18-8(2)16)11(13)12(17)15(7)10;1-6-3-2-4-8-12-7(5-14)9(11)10(15)13(6)8/h3-5H,6H2,1-2H3;2-4,14H,5H2,1H3. The molecule has 0 aliphatic rings. The third-order valence-electron chi connectivity index (χ3n) is 4.68. The van der Waals surface area contributed by atoms with Gasteiger partial charge in [0.05, 0.1) is 12.3 Å². The molecule has 0 spiro atoms. The number of pyridine rings is 2. The molecule has 0 unspecified atom stereocenters. The number of rotatable bonds is 3. The van der Waals surface area contributed by atoms with E-state index in [4.69, 9.17) is 9.84 Å². The number of carbonyl (C=O) groups excluding carboxylic acids is 1. The van der Waals surface area contributed by atoms with Gasteiger partial charge in [-0.3, -0.25) is 23.2 Å². The number of aliphatic hydroxyl groups excluding tert-OH is 1. The number of esters is 1. The molecule has 0 amide bonds. The van der Waals surface area contributed by atoms with Gasteiger partial charge in [0.25, 0.3) is 11.1 Å². The van der Waals surface area contributed by atoms with Crippen LogP contribution in [0.4, 0.5) is 0 Å². The molecule has 0 fully saturated rings. The molecule has 0 aliphatic heterocycles. The molecular formula is C22H20Br2N4O5. The van der Waals surface area contributed by atoms with Crippen LogP contribution in [-0.4, -0.2) is 29.8 Å². The molecule has 0 aliphatic carbocycles.